The molecule has 2 fully saturated rings. The summed E-state index contributed by atoms with van der Waals surface area (Å²) in [4.78, 5) is 7.30. The Morgan fingerprint density at radius 3 is 2.84 bits per heavy atom. The number of β-amino-alcohol motifs (C(OH)–C–C–N with tert-alkyl or cyclic N) is 1. The number of fused-ring (bicyclic) bond motifs is 1. The van der Waals surface area contributed by atoms with E-state index in [1.54, 1.807) is 4.68 Å². The number of likely N-dealkylation sites (tertiary alicyclic amines) is 1. The van der Waals surface area contributed by atoms with Gasteiger partial charge in [-0.1, -0.05) is 19.3 Å². The summed E-state index contributed by atoms with van der Waals surface area (Å²) >= 11 is 0. The van der Waals surface area contributed by atoms with Gasteiger partial charge in [-0.2, -0.15) is 5.10 Å². The van der Waals surface area contributed by atoms with Crippen molar-refractivity contribution in [2.45, 2.75) is 56.5 Å². The molecule has 25 heavy (non-hydrogen) atoms. The molecular weight excluding hydrogens is 314 g/mol. The van der Waals surface area contributed by atoms with Gasteiger partial charge < -0.3 is 10.8 Å². The number of pyridine rings is 1. The molecule has 1 atom stereocenters. The van der Waals surface area contributed by atoms with Gasteiger partial charge in [-0.25, -0.2) is 9.67 Å². The van der Waals surface area contributed by atoms with Crippen molar-refractivity contribution in [3.05, 3.63) is 17.8 Å². The van der Waals surface area contributed by atoms with E-state index in [1.807, 2.05) is 13.1 Å². The van der Waals surface area contributed by atoms with Crippen LogP contribution in [0.15, 0.2) is 12.1 Å². The van der Waals surface area contributed by atoms with Crippen LogP contribution in [-0.2, 0) is 7.05 Å². The summed E-state index contributed by atoms with van der Waals surface area (Å²) in [6, 6.07) is 4.15. The van der Waals surface area contributed by atoms with Crippen molar-refractivity contribution < 1.29 is 5.11 Å². The average Bonchev–Trinajstić information content (AvgIpc) is 2.89. The average molecular weight is 343 g/mol. The highest BCUT2D eigenvalue weighted by Crippen LogP contribution is 2.32. The zero-order valence-corrected chi connectivity index (χ0v) is 15.1. The van der Waals surface area contributed by atoms with E-state index in [4.69, 9.17) is 10.7 Å². The fourth-order valence-electron chi connectivity index (χ4n) is 4.62. The Balaban J connectivity index is 1.50. The van der Waals surface area contributed by atoms with Crippen molar-refractivity contribution in [2.75, 3.05) is 25.4 Å². The predicted molar refractivity (Wildman–Crippen MR) is 99.4 cm³/mol. The molecular formula is C19H29N5O. The third-order valence-corrected chi connectivity index (χ3v) is 5.96. The Morgan fingerprint density at radius 2 is 2.04 bits per heavy atom. The Bertz CT molecular complexity index is 750. The summed E-state index contributed by atoms with van der Waals surface area (Å²) in [5.41, 5.74) is 7.44. The highest BCUT2D eigenvalue weighted by Gasteiger charge is 2.33. The third kappa shape index (κ3) is 3.37. The first kappa shape index (κ1) is 16.8. The minimum absolute atomic E-state index is 0.418. The smallest absolute Gasteiger partial charge is 0.159 e. The summed E-state index contributed by atoms with van der Waals surface area (Å²) in [5.74, 6) is 0.961. The van der Waals surface area contributed by atoms with Crippen LogP contribution in [0, 0.1) is 0 Å². The van der Waals surface area contributed by atoms with Crippen LogP contribution < -0.4 is 5.73 Å². The lowest BCUT2D eigenvalue weighted by Gasteiger charge is -2.40. The SMILES string of the molecule is Cn1nc(N)c2ccc([C@H]3CCCN(CC4(O)CCCCC4)C3)nc21. The number of aliphatic hydroxyl groups is 1. The molecule has 0 aromatic carbocycles. The van der Waals surface area contributed by atoms with E-state index in [0.29, 0.717) is 11.7 Å². The lowest BCUT2D eigenvalue weighted by atomic mass is 9.83. The van der Waals surface area contributed by atoms with E-state index in [0.717, 1.165) is 74.9 Å². The molecule has 1 saturated heterocycles. The number of hydrogen-bond acceptors (Lipinski definition) is 5. The van der Waals surface area contributed by atoms with Gasteiger partial charge in [-0.15, -0.1) is 0 Å². The summed E-state index contributed by atoms with van der Waals surface area (Å²) in [6.45, 7) is 2.87. The van der Waals surface area contributed by atoms with Crippen LogP contribution in [0.1, 0.15) is 56.6 Å². The quantitative estimate of drug-likeness (QED) is 0.895. The molecule has 2 aromatic heterocycles. The fraction of sp³-hybridized carbons (Fsp3) is 0.684. The van der Waals surface area contributed by atoms with E-state index in [9.17, 15) is 5.11 Å². The van der Waals surface area contributed by atoms with Gasteiger partial charge in [0.15, 0.2) is 11.5 Å². The van der Waals surface area contributed by atoms with Gasteiger partial charge >= 0.3 is 0 Å². The first-order valence-corrected chi connectivity index (χ1v) is 9.58. The minimum atomic E-state index is -0.478. The van der Waals surface area contributed by atoms with Gasteiger partial charge in [0.1, 0.15) is 0 Å². The fourth-order valence-corrected chi connectivity index (χ4v) is 4.62. The summed E-state index contributed by atoms with van der Waals surface area (Å²) < 4.78 is 1.76. The number of rotatable bonds is 3. The van der Waals surface area contributed by atoms with E-state index in [-0.39, 0.29) is 0 Å². The van der Waals surface area contributed by atoms with Crippen molar-refractivity contribution in [1.29, 1.82) is 0 Å². The molecule has 1 aliphatic carbocycles. The van der Waals surface area contributed by atoms with E-state index >= 15 is 0 Å². The Hall–Kier alpha value is -1.66. The molecule has 0 radical (unpaired) electrons. The lowest BCUT2D eigenvalue weighted by molar-refractivity contribution is -0.0314. The zero-order valence-electron chi connectivity index (χ0n) is 15.1. The van der Waals surface area contributed by atoms with Gasteiger partial charge in [0.2, 0.25) is 0 Å². The molecule has 0 amide bonds. The summed E-state index contributed by atoms with van der Waals surface area (Å²) in [7, 11) is 1.89. The first-order valence-electron chi connectivity index (χ1n) is 9.58. The topological polar surface area (TPSA) is 80.2 Å². The van der Waals surface area contributed by atoms with Crippen molar-refractivity contribution in [3.8, 4) is 0 Å². The molecule has 4 rings (SSSR count). The molecule has 3 N–H and O–H groups in total. The zero-order chi connectivity index (χ0) is 17.4. The number of nitrogens with two attached hydrogens (primary N) is 1. The number of nitrogens with zero attached hydrogens (tertiary/aromatic N) is 4. The largest absolute Gasteiger partial charge is 0.389 e. The molecule has 6 heteroatoms. The van der Waals surface area contributed by atoms with Gasteiger partial charge in [-0.05, 0) is 44.4 Å². The molecule has 0 bridgehead atoms. The predicted octanol–water partition coefficient (Wildman–Crippen LogP) is 2.43. The van der Waals surface area contributed by atoms with Crippen molar-refractivity contribution in [3.63, 3.8) is 0 Å². The first-order chi connectivity index (χ1) is 12.0. The van der Waals surface area contributed by atoms with Crippen molar-refractivity contribution >= 4 is 16.9 Å². The van der Waals surface area contributed by atoms with Crippen LogP contribution in [0.2, 0.25) is 0 Å². The second-order valence-electron chi connectivity index (χ2n) is 7.98. The van der Waals surface area contributed by atoms with E-state index in [1.165, 1.54) is 6.42 Å². The third-order valence-electron chi connectivity index (χ3n) is 5.96. The number of hydrogen-bond donors (Lipinski definition) is 2. The standard InChI is InChI=1S/C19H29N5O/c1-23-18-15(17(20)22-23)7-8-16(21-18)14-6-5-11-24(12-14)13-19(25)9-3-2-4-10-19/h7-8,14,25H,2-6,9-13H2,1H3,(H2,20,22)/t14-/m0/s1. The van der Waals surface area contributed by atoms with Crippen LogP contribution in [-0.4, -0.2) is 50.0 Å². The number of anilines is 1. The maximum absolute atomic E-state index is 10.9. The molecule has 2 aliphatic rings. The molecule has 1 aliphatic heterocycles. The summed E-state index contributed by atoms with van der Waals surface area (Å²) in [6.07, 6.45) is 7.80. The number of piperidine rings is 1. The number of nitrogen functional groups attached to an aromatic ring is 1. The lowest BCUT2D eigenvalue weighted by Crippen LogP contribution is -2.47. The van der Waals surface area contributed by atoms with E-state index in [2.05, 4.69) is 16.1 Å². The van der Waals surface area contributed by atoms with Gasteiger partial charge in [0, 0.05) is 31.7 Å². The molecule has 1 saturated carbocycles. The highest BCUT2D eigenvalue weighted by atomic mass is 16.3. The molecule has 0 spiro atoms. The Kier molecular flexibility index (Phi) is 4.41. The molecule has 0 unspecified atom stereocenters. The maximum Gasteiger partial charge on any atom is 0.159 e. The summed E-state index contributed by atoms with van der Waals surface area (Å²) in [5, 5.41) is 16.1. The van der Waals surface area contributed by atoms with Crippen LogP contribution in [0.25, 0.3) is 11.0 Å². The highest BCUT2D eigenvalue weighted by molar-refractivity contribution is 5.86. The van der Waals surface area contributed by atoms with Crippen molar-refractivity contribution in [1.82, 2.24) is 19.7 Å². The van der Waals surface area contributed by atoms with Gasteiger partial charge in [0.25, 0.3) is 0 Å². The van der Waals surface area contributed by atoms with Crippen LogP contribution in [0.3, 0.4) is 0 Å². The molecule has 6 nitrogen and oxygen atoms in total. The van der Waals surface area contributed by atoms with Crippen LogP contribution in [0.5, 0.6) is 0 Å². The molecule has 2 aromatic rings. The number of aromatic nitrogens is 3. The molecule has 3 heterocycles. The Labute approximate surface area is 149 Å². The number of aryl methyl sites for hydroxylation is 1. The molecule has 136 valence electrons. The van der Waals surface area contributed by atoms with Crippen LogP contribution in [0.4, 0.5) is 5.82 Å². The van der Waals surface area contributed by atoms with E-state index < -0.39 is 5.60 Å². The Morgan fingerprint density at radius 1 is 1.24 bits per heavy atom. The second kappa shape index (κ2) is 6.57. The monoisotopic (exact) mass is 343 g/mol. The van der Waals surface area contributed by atoms with Gasteiger partial charge in [-0.3, -0.25) is 4.90 Å². The normalized spacial score (nSPS) is 24.6. The van der Waals surface area contributed by atoms with Crippen molar-refractivity contribution in [2.24, 2.45) is 7.05 Å². The minimum Gasteiger partial charge on any atom is -0.389 e. The second-order valence-corrected chi connectivity index (χ2v) is 7.98. The maximum atomic E-state index is 10.9. The van der Waals surface area contributed by atoms with Gasteiger partial charge in [0.05, 0.1) is 11.0 Å². The van der Waals surface area contributed by atoms with Crippen LogP contribution >= 0.6 is 0 Å².